The molecule has 0 atom stereocenters. The second-order valence-corrected chi connectivity index (χ2v) is 6.85. The molecule has 3 aromatic rings. The monoisotopic (exact) mass is 379 g/mol. The van der Waals surface area contributed by atoms with Crippen molar-refractivity contribution in [3.8, 4) is 0 Å². The van der Waals surface area contributed by atoms with E-state index < -0.39 is 0 Å². The van der Waals surface area contributed by atoms with Crippen LogP contribution in [0.1, 0.15) is 33.1 Å². The number of hydrogen-bond acceptors (Lipinski definition) is 5. The first kappa shape index (κ1) is 17.9. The maximum absolute atomic E-state index is 12.4. The third-order valence-electron chi connectivity index (χ3n) is 4.88. The van der Waals surface area contributed by atoms with Crippen LogP contribution in [0.3, 0.4) is 0 Å². The van der Waals surface area contributed by atoms with E-state index in [1.807, 2.05) is 37.3 Å². The molecule has 0 saturated carbocycles. The lowest BCUT2D eigenvalue weighted by atomic mass is 10.1. The van der Waals surface area contributed by atoms with Gasteiger partial charge in [-0.25, -0.2) is 4.68 Å². The van der Waals surface area contributed by atoms with E-state index in [4.69, 9.17) is 0 Å². The van der Waals surface area contributed by atoms with E-state index in [2.05, 4.69) is 20.7 Å². The number of rotatable bonds is 5. The Bertz CT molecular complexity index is 1000. The summed E-state index contributed by atoms with van der Waals surface area (Å²) >= 11 is 0. The quantitative estimate of drug-likeness (QED) is 0.707. The lowest BCUT2D eigenvalue weighted by Crippen LogP contribution is -2.39. The topological polar surface area (TPSA) is 97.9 Å². The molecule has 2 aromatic heterocycles. The van der Waals surface area contributed by atoms with Gasteiger partial charge in [-0.2, -0.15) is 5.10 Å². The van der Waals surface area contributed by atoms with Crippen molar-refractivity contribution in [1.82, 2.24) is 35.0 Å². The molecule has 1 aliphatic rings. The summed E-state index contributed by atoms with van der Waals surface area (Å²) in [6, 6.07) is 11.6. The van der Waals surface area contributed by atoms with Gasteiger partial charge in [-0.1, -0.05) is 35.5 Å². The Kier molecular flexibility index (Phi) is 4.64. The highest BCUT2D eigenvalue weighted by Crippen LogP contribution is 2.18. The number of fused-ring (bicyclic) bond motifs is 1. The van der Waals surface area contributed by atoms with Crippen LogP contribution in [0.25, 0.3) is 0 Å². The maximum Gasteiger partial charge on any atom is 0.272 e. The highest BCUT2D eigenvalue weighted by molar-refractivity contribution is 5.92. The fraction of sp³-hybridized carbons (Fsp3) is 0.316. The van der Waals surface area contributed by atoms with Gasteiger partial charge in [-0.05, 0) is 18.6 Å². The largest absolute Gasteiger partial charge is 0.345 e. The molecule has 0 bridgehead atoms. The van der Waals surface area contributed by atoms with Crippen molar-refractivity contribution in [2.75, 3.05) is 0 Å². The van der Waals surface area contributed by atoms with Crippen LogP contribution in [0.5, 0.6) is 0 Å². The molecule has 0 saturated heterocycles. The number of nitrogens with zero attached hydrogens (tertiary/aromatic N) is 6. The molecule has 0 aliphatic carbocycles. The standard InChI is InChI=1S/C19H21N7O2/c1-13-8-15(22-24(13)2)19(28)20-9-16-17-11-25(10-14-6-4-3-5-7-14)18(27)12-26(17)23-21-16/h3-8H,9-12H2,1-2H3,(H,20,28). The summed E-state index contributed by atoms with van der Waals surface area (Å²) in [5, 5.41) is 15.2. The third kappa shape index (κ3) is 3.51. The third-order valence-corrected chi connectivity index (χ3v) is 4.88. The SMILES string of the molecule is Cc1cc(C(=O)NCc2nnn3c2CN(Cc2ccccc2)C(=O)C3)nn1C. The van der Waals surface area contributed by atoms with Crippen molar-refractivity contribution in [3.63, 3.8) is 0 Å². The minimum absolute atomic E-state index is 0.000740. The van der Waals surface area contributed by atoms with Gasteiger partial charge >= 0.3 is 0 Å². The first-order valence-corrected chi connectivity index (χ1v) is 9.03. The summed E-state index contributed by atoms with van der Waals surface area (Å²) in [4.78, 5) is 26.5. The summed E-state index contributed by atoms with van der Waals surface area (Å²) in [6.07, 6.45) is 0. The first-order valence-electron chi connectivity index (χ1n) is 9.03. The second-order valence-electron chi connectivity index (χ2n) is 6.85. The van der Waals surface area contributed by atoms with Crippen LogP contribution in [-0.2, 0) is 38.0 Å². The lowest BCUT2D eigenvalue weighted by molar-refractivity contribution is -0.135. The van der Waals surface area contributed by atoms with Crippen LogP contribution in [0.4, 0.5) is 0 Å². The zero-order valence-electron chi connectivity index (χ0n) is 15.8. The molecule has 3 heterocycles. The number of aryl methyl sites for hydroxylation is 2. The van der Waals surface area contributed by atoms with Gasteiger partial charge in [-0.3, -0.25) is 14.3 Å². The van der Waals surface area contributed by atoms with Gasteiger partial charge in [0.2, 0.25) is 5.91 Å². The summed E-state index contributed by atoms with van der Waals surface area (Å²) in [5.41, 5.74) is 3.83. The van der Waals surface area contributed by atoms with Crippen LogP contribution in [0.2, 0.25) is 0 Å². The van der Waals surface area contributed by atoms with Crippen molar-refractivity contribution < 1.29 is 9.59 Å². The zero-order valence-corrected chi connectivity index (χ0v) is 15.8. The van der Waals surface area contributed by atoms with Gasteiger partial charge in [0.05, 0.1) is 18.8 Å². The van der Waals surface area contributed by atoms with Gasteiger partial charge in [0.1, 0.15) is 17.9 Å². The van der Waals surface area contributed by atoms with Gasteiger partial charge < -0.3 is 10.2 Å². The molecule has 1 aliphatic heterocycles. The molecule has 9 heteroatoms. The molecule has 2 amide bonds. The number of benzene rings is 1. The molecule has 0 spiro atoms. The van der Waals surface area contributed by atoms with Crippen LogP contribution in [0.15, 0.2) is 36.4 Å². The van der Waals surface area contributed by atoms with Crippen LogP contribution < -0.4 is 5.32 Å². The Balaban J connectivity index is 1.45. The number of carbonyl (C=O) groups excluding carboxylic acids is 2. The molecule has 0 fully saturated rings. The van der Waals surface area contributed by atoms with Crippen LogP contribution in [0, 0.1) is 6.92 Å². The molecule has 1 N–H and O–H groups in total. The smallest absolute Gasteiger partial charge is 0.272 e. The van der Waals surface area contributed by atoms with Gasteiger partial charge in [0.15, 0.2) is 0 Å². The molecule has 144 valence electrons. The normalized spacial score (nSPS) is 13.5. The Labute approximate surface area is 161 Å². The second kappa shape index (κ2) is 7.26. The van der Waals surface area contributed by atoms with Crippen LogP contribution >= 0.6 is 0 Å². The Morgan fingerprint density at radius 3 is 2.71 bits per heavy atom. The summed E-state index contributed by atoms with van der Waals surface area (Å²) < 4.78 is 3.26. The van der Waals surface area contributed by atoms with Gasteiger partial charge in [-0.15, -0.1) is 5.10 Å². The molecule has 28 heavy (non-hydrogen) atoms. The van der Waals surface area contributed by atoms with Crippen molar-refractivity contribution in [3.05, 3.63) is 64.7 Å². The van der Waals surface area contributed by atoms with E-state index >= 15 is 0 Å². The van der Waals surface area contributed by atoms with E-state index in [1.54, 1.807) is 27.4 Å². The average Bonchev–Trinajstić information content (AvgIpc) is 3.23. The van der Waals surface area contributed by atoms with E-state index in [1.165, 1.54) is 0 Å². The Morgan fingerprint density at radius 2 is 2.00 bits per heavy atom. The first-order chi connectivity index (χ1) is 13.5. The van der Waals surface area contributed by atoms with E-state index in [0.717, 1.165) is 17.0 Å². The predicted molar refractivity (Wildman–Crippen MR) is 99.8 cm³/mol. The summed E-state index contributed by atoms with van der Waals surface area (Å²) in [5.74, 6) is -0.265. The predicted octanol–water partition coefficient (Wildman–Crippen LogP) is 0.792. The highest BCUT2D eigenvalue weighted by atomic mass is 16.2. The molecule has 0 unspecified atom stereocenters. The van der Waals surface area contributed by atoms with E-state index in [0.29, 0.717) is 24.5 Å². The van der Waals surface area contributed by atoms with Crippen molar-refractivity contribution in [2.24, 2.45) is 7.05 Å². The average molecular weight is 379 g/mol. The fourth-order valence-electron chi connectivity index (χ4n) is 3.18. The molecule has 1 aromatic carbocycles. The summed E-state index contributed by atoms with van der Waals surface area (Å²) in [7, 11) is 1.79. The van der Waals surface area contributed by atoms with Crippen molar-refractivity contribution in [1.29, 1.82) is 0 Å². The highest BCUT2D eigenvalue weighted by Gasteiger charge is 2.27. The number of amides is 2. The number of carbonyl (C=O) groups is 2. The minimum atomic E-state index is -0.265. The molecule has 9 nitrogen and oxygen atoms in total. The van der Waals surface area contributed by atoms with Crippen molar-refractivity contribution >= 4 is 11.8 Å². The minimum Gasteiger partial charge on any atom is -0.345 e. The van der Waals surface area contributed by atoms with Gasteiger partial charge in [0.25, 0.3) is 5.91 Å². The van der Waals surface area contributed by atoms with Gasteiger partial charge in [0, 0.05) is 19.3 Å². The molecule has 0 radical (unpaired) electrons. The van der Waals surface area contributed by atoms with Crippen molar-refractivity contribution in [2.45, 2.75) is 33.1 Å². The number of nitrogens with one attached hydrogen (secondary N) is 1. The van der Waals surface area contributed by atoms with E-state index in [-0.39, 0.29) is 24.9 Å². The zero-order chi connectivity index (χ0) is 19.7. The summed E-state index contributed by atoms with van der Waals surface area (Å²) in [6.45, 7) is 3.22. The molecule has 4 rings (SSSR count). The molecular weight excluding hydrogens is 358 g/mol. The van der Waals surface area contributed by atoms with Crippen LogP contribution in [-0.4, -0.2) is 41.5 Å². The van der Waals surface area contributed by atoms with E-state index in [9.17, 15) is 9.59 Å². The number of aromatic nitrogens is 5. The molecular formula is C19H21N7O2. The Hall–Kier alpha value is -3.49. The number of hydrogen-bond donors (Lipinski definition) is 1. The Morgan fingerprint density at radius 1 is 1.21 bits per heavy atom. The fourth-order valence-corrected chi connectivity index (χ4v) is 3.18. The maximum atomic E-state index is 12.4. The lowest BCUT2D eigenvalue weighted by Gasteiger charge is -2.27.